The van der Waals surface area contributed by atoms with Gasteiger partial charge in [0, 0.05) is 44.3 Å². The van der Waals surface area contributed by atoms with Crippen molar-refractivity contribution in [3.8, 4) is 0 Å². The third-order valence-corrected chi connectivity index (χ3v) is 5.11. The van der Waals surface area contributed by atoms with Crippen LogP contribution in [0.25, 0.3) is 0 Å². The predicted octanol–water partition coefficient (Wildman–Crippen LogP) is 3.46. The van der Waals surface area contributed by atoms with Crippen molar-refractivity contribution in [3.63, 3.8) is 0 Å². The average molecular weight is 395 g/mol. The van der Waals surface area contributed by atoms with Crippen LogP contribution in [-0.4, -0.2) is 46.3 Å². The largest absolute Gasteiger partial charge is 0.353 e. The maximum Gasteiger partial charge on any atom is 0.244 e. The smallest absolute Gasteiger partial charge is 0.244 e. The minimum atomic E-state index is 0.541. The van der Waals surface area contributed by atoms with Crippen molar-refractivity contribution in [1.29, 1.82) is 0 Å². The van der Waals surface area contributed by atoms with Crippen molar-refractivity contribution in [3.05, 3.63) is 76.9 Å². The predicted molar refractivity (Wildman–Crippen MR) is 113 cm³/mol. The summed E-state index contributed by atoms with van der Waals surface area (Å²) in [5.41, 5.74) is 2.47. The fourth-order valence-corrected chi connectivity index (χ4v) is 3.41. The molecule has 3 aromatic rings. The topological polar surface area (TPSA) is 57.2 Å². The fraction of sp³-hybridized carbons (Fsp3) is 0.286. The Labute approximate surface area is 170 Å². The molecule has 1 aromatic heterocycles. The minimum absolute atomic E-state index is 0.541. The highest BCUT2D eigenvalue weighted by Crippen LogP contribution is 2.16. The molecule has 1 fully saturated rings. The highest BCUT2D eigenvalue weighted by atomic mass is 35.5. The van der Waals surface area contributed by atoms with E-state index < -0.39 is 0 Å². The zero-order valence-electron chi connectivity index (χ0n) is 15.6. The van der Waals surface area contributed by atoms with Crippen molar-refractivity contribution in [2.45, 2.75) is 13.1 Å². The second-order valence-corrected chi connectivity index (χ2v) is 7.30. The molecule has 2 aromatic carbocycles. The SMILES string of the molecule is Clc1ccc(CNc2nncc(N3CCN(Cc4ccccc4)CC3)n2)cc1. The van der Waals surface area contributed by atoms with Gasteiger partial charge in [-0.1, -0.05) is 54.1 Å². The minimum Gasteiger partial charge on any atom is -0.353 e. The molecule has 28 heavy (non-hydrogen) atoms. The summed E-state index contributed by atoms with van der Waals surface area (Å²) < 4.78 is 0. The van der Waals surface area contributed by atoms with Gasteiger partial charge < -0.3 is 10.2 Å². The molecule has 0 aliphatic carbocycles. The number of rotatable bonds is 6. The second kappa shape index (κ2) is 8.99. The van der Waals surface area contributed by atoms with Crippen molar-refractivity contribution >= 4 is 23.4 Å². The molecule has 0 bridgehead atoms. The lowest BCUT2D eigenvalue weighted by Gasteiger charge is -2.35. The molecule has 0 atom stereocenters. The van der Waals surface area contributed by atoms with Crippen molar-refractivity contribution in [2.24, 2.45) is 0 Å². The Hall–Kier alpha value is -2.70. The van der Waals surface area contributed by atoms with Gasteiger partial charge in [0.25, 0.3) is 0 Å². The Morgan fingerprint density at radius 2 is 1.64 bits per heavy atom. The van der Waals surface area contributed by atoms with Gasteiger partial charge >= 0.3 is 0 Å². The highest BCUT2D eigenvalue weighted by molar-refractivity contribution is 6.30. The van der Waals surface area contributed by atoms with Gasteiger partial charge in [0.05, 0.1) is 6.20 Å². The van der Waals surface area contributed by atoms with E-state index in [0.29, 0.717) is 12.5 Å². The Morgan fingerprint density at radius 3 is 2.39 bits per heavy atom. The van der Waals surface area contributed by atoms with Crippen LogP contribution in [0, 0.1) is 0 Å². The zero-order chi connectivity index (χ0) is 19.2. The van der Waals surface area contributed by atoms with Gasteiger partial charge in [-0.05, 0) is 23.3 Å². The van der Waals surface area contributed by atoms with Crippen molar-refractivity contribution in [1.82, 2.24) is 20.1 Å². The Morgan fingerprint density at radius 1 is 0.893 bits per heavy atom. The molecule has 1 saturated heterocycles. The van der Waals surface area contributed by atoms with Crippen LogP contribution >= 0.6 is 11.6 Å². The first-order valence-electron chi connectivity index (χ1n) is 9.45. The number of nitrogens with one attached hydrogen (secondary N) is 1. The normalized spacial score (nSPS) is 14.8. The van der Waals surface area contributed by atoms with Crippen LogP contribution in [0.1, 0.15) is 11.1 Å². The average Bonchev–Trinajstić information content (AvgIpc) is 2.75. The Kier molecular flexibility index (Phi) is 5.99. The molecule has 2 heterocycles. The number of nitrogens with zero attached hydrogens (tertiary/aromatic N) is 5. The first-order valence-corrected chi connectivity index (χ1v) is 9.83. The molecule has 0 spiro atoms. The number of aromatic nitrogens is 3. The zero-order valence-corrected chi connectivity index (χ0v) is 16.4. The summed E-state index contributed by atoms with van der Waals surface area (Å²) in [6.45, 7) is 5.50. The van der Waals surface area contributed by atoms with E-state index in [1.165, 1.54) is 5.56 Å². The molecule has 1 aliphatic rings. The van der Waals surface area contributed by atoms with Gasteiger partial charge in [0.15, 0.2) is 5.82 Å². The van der Waals surface area contributed by atoms with Gasteiger partial charge in [-0.15, -0.1) is 5.10 Å². The number of halogens is 1. The lowest BCUT2D eigenvalue weighted by atomic mass is 10.2. The highest BCUT2D eigenvalue weighted by Gasteiger charge is 2.19. The molecule has 7 heteroatoms. The van der Waals surface area contributed by atoms with Crippen LogP contribution in [0.5, 0.6) is 0 Å². The van der Waals surface area contributed by atoms with E-state index in [9.17, 15) is 0 Å². The van der Waals surface area contributed by atoms with Crippen molar-refractivity contribution < 1.29 is 0 Å². The second-order valence-electron chi connectivity index (χ2n) is 6.87. The van der Waals surface area contributed by atoms with E-state index in [4.69, 9.17) is 11.6 Å². The third-order valence-electron chi connectivity index (χ3n) is 4.86. The van der Waals surface area contributed by atoms with Crippen LogP contribution in [0.2, 0.25) is 5.02 Å². The molecular formula is C21H23ClN6. The summed E-state index contributed by atoms with van der Waals surface area (Å²) in [7, 11) is 0. The van der Waals surface area contributed by atoms with E-state index >= 15 is 0 Å². The Bertz CT molecular complexity index is 879. The quantitative estimate of drug-likeness (QED) is 0.691. The van der Waals surface area contributed by atoms with E-state index in [-0.39, 0.29) is 0 Å². The summed E-state index contributed by atoms with van der Waals surface area (Å²) in [6.07, 6.45) is 1.74. The lowest BCUT2D eigenvalue weighted by molar-refractivity contribution is 0.249. The van der Waals surface area contributed by atoms with E-state index in [1.54, 1.807) is 6.20 Å². The summed E-state index contributed by atoms with van der Waals surface area (Å²) in [4.78, 5) is 9.37. The molecule has 144 valence electrons. The fourth-order valence-electron chi connectivity index (χ4n) is 3.28. The van der Waals surface area contributed by atoms with Gasteiger partial charge in [0.1, 0.15) is 0 Å². The third kappa shape index (κ3) is 4.97. The molecule has 6 nitrogen and oxygen atoms in total. The molecule has 0 amide bonds. The molecule has 0 unspecified atom stereocenters. The lowest BCUT2D eigenvalue weighted by Crippen LogP contribution is -2.46. The molecule has 4 rings (SSSR count). The molecular weight excluding hydrogens is 372 g/mol. The maximum atomic E-state index is 5.93. The standard InChI is InChI=1S/C21H23ClN6/c22-19-8-6-17(7-9-19)14-23-21-25-20(15-24-26-21)28-12-10-27(11-13-28)16-18-4-2-1-3-5-18/h1-9,15H,10-14,16H2,(H,23,25,26). The van der Waals surface area contributed by atoms with Gasteiger partial charge in [-0.3, -0.25) is 4.90 Å². The van der Waals surface area contributed by atoms with Crippen LogP contribution in [-0.2, 0) is 13.1 Å². The van der Waals surface area contributed by atoms with Crippen LogP contribution < -0.4 is 10.2 Å². The Balaban J connectivity index is 1.31. The van der Waals surface area contributed by atoms with Crippen LogP contribution in [0.3, 0.4) is 0 Å². The van der Waals surface area contributed by atoms with Crippen LogP contribution in [0.15, 0.2) is 60.8 Å². The summed E-state index contributed by atoms with van der Waals surface area (Å²) in [6, 6.07) is 18.3. The number of anilines is 2. The first kappa shape index (κ1) is 18.7. The summed E-state index contributed by atoms with van der Waals surface area (Å²) in [5.74, 6) is 1.41. The summed E-state index contributed by atoms with van der Waals surface area (Å²) >= 11 is 5.93. The molecule has 1 N–H and O–H groups in total. The maximum absolute atomic E-state index is 5.93. The van der Waals surface area contributed by atoms with Gasteiger partial charge in [-0.25, -0.2) is 0 Å². The van der Waals surface area contributed by atoms with E-state index in [0.717, 1.165) is 49.1 Å². The first-order chi connectivity index (χ1) is 13.8. The van der Waals surface area contributed by atoms with Gasteiger partial charge in [0.2, 0.25) is 5.95 Å². The monoisotopic (exact) mass is 394 g/mol. The van der Waals surface area contributed by atoms with E-state index in [1.807, 2.05) is 24.3 Å². The van der Waals surface area contributed by atoms with Crippen LogP contribution in [0.4, 0.5) is 11.8 Å². The number of hydrogen-bond donors (Lipinski definition) is 1. The number of hydrogen-bond acceptors (Lipinski definition) is 6. The number of benzene rings is 2. The molecule has 1 aliphatic heterocycles. The summed E-state index contributed by atoms with van der Waals surface area (Å²) in [5, 5.41) is 12.2. The molecule has 0 saturated carbocycles. The van der Waals surface area contributed by atoms with Gasteiger partial charge in [-0.2, -0.15) is 10.1 Å². The molecule has 0 radical (unpaired) electrons. The van der Waals surface area contributed by atoms with E-state index in [2.05, 4.69) is 60.6 Å². The number of piperazine rings is 1. The van der Waals surface area contributed by atoms with Crippen molar-refractivity contribution in [2.75, 3.05) is 36.4 Å².